The van der Waals surface area contributed by atoms with E-state index in [2.05, 4.69) is 81.4 Å². The standard InChI is InChI=1S/C20H25ClOSi/c1-20(2,3)23(22-17-11-10-16-21,18-12-6-4-7-13-18)19-14-8-5-9-15-19/h4-15H,16-17H2,1-3H3. The van der Waals surface area contributed by atoms with Gasteiger partial charge in [0.05, 0.1) is 6.61 Å². The van der Waals surface area contributed by atoms with E-state index in [4.69, 9.17) is 16.0 Å². The molecule has 0 atom stereocenters. The Morgan fingerprint density at radius 1 is 0.870 bits per heavy atom. The molecule has 0 amide bonds. The zero-order valence-corrected chi connectivity index (χ0v) is 15.9. The van der Waals surface area contributed by atoms with E-state index >= 15 is 0 Å². The summed E-state index contributed by atoms with van der Waals surface area (Å²) < 4.78 is 6.66. The molecule has 3 heteroatoms. The van der Waals surface area contributed by atoms with Crippen molar-refractivity contribution in [2.24, 2.45) is 0 Å². The lowest BCUT2D eigenvalue weighted by Crippen LogP contribution is -2.66. The van der Waals surface area contributed by atoms with Crippen molar-refractivity contribution in [3.63, 3.8) is 0 Å². The Hall–Kier alpha value is -1.35. The molecule has 0 saturated carbocycles. The number of allylic oxidation sites excluding steroid dienone is 1. The highest BCUT2D eigenvalue weighted by molar-refractivity contribution is 6.99. The van der Waals surface area contributed by atoms with Gasteiger partial charge in [-0.05, 0) is 15.4 Å². The van der Waals surface area contributed by atoms with E-state index in [1.54, 1.807) is 0 Å². The van der Waals surface area contributed by atoms with Crippen molar-refractivity contribution in [2.75, 3.05) is 12.5 Å². The summed E-state index contributed by atoms with van der Waals surface area (Å²) in [5, 5.41) is 2.63. The third-order valence-electron chi connectivity index (χ3n) is 4.07. The van der Waals surface area contributed by atoms with Crippen molar-refractivity contribution < 1.29 is 4.43 Å². The maximum absolute atomic E-state index is 6.66. The SMILES string of the molecule is CC(C)(C)[Si](OCC=CCCl)(c1ccccc1)c1ccccc1. The van der Waals surface area contributed by atoms with Crippen LogP contribution in [0.1, 0.15) is 20.8 Å². The van der Waals surface area contributed by atoms with Gasteiger partial charge in [0.1, 0.15) is 0 Å². The van der Waals surface area contributed by atoms with E-state index in [-0.39, 0.29) is 5.04 Å². The molecule has 1 nitrogen and oxygen atoms in total. The van der Waals surface area contributed by atoms with E-state index in [1.165, 1.54) is 10.4 Å². The topological polar surface area (TPSA) is 9.23 Å². The highest BCUT2D eigenvalue weighted by Crippen LogP contribution is 2.36. The summed E-state index contributed by atoms with van der Waals surface area (Å²) in [5.74, 6) is 0.518. The van der Waals surface area contributed by atoms with Crippen LogP contribution in [0.5, 0.6) is 0 Å². The van der Waals surface area contributed by atoms with Crippen LogP contribution in [0.2, 0.25) is 5.04 Å². The van der Waals surface area contributed by atoms with Gasteiger partial charge in [-0.2, -0.15) is 0 Å². The van der Waals surface area contributed by atoms with Gasteiger partial charge in [-0.15, -0.1) is 11.6 Å². The van der Waals surface area contributed by atoms with Gasteiger partial charge in [0, 0.05) is 5.88 Å². The second-order valence-corrected chi connectivity index (χ2v) is 11.2. The van der Waals surface area contributed by atoms with Crippen LogP contribution in [0.3, 0.4) is 0 Å². The molecular weight excluding hydrogens is 320 g/mol. The van der Waals surface area contributed by atoms with Crippen molar-refractivity contribution >= 4 is 30.3 Å². The summed E-state index contributed by atoms with van der Waals surface area (Å²) >= 11 is 5.74. The third-order valence-corrected chi connectivity index (χ3v) is 9.25. The van der Waals surface area contributed by atoms with Crippen LogP contribution >= 0.6 is 11.6 Å². The molecule has 0 aromatic heterocycles. The fourth-order valence-corrected chi connectivity index (χ4v) is 7.69. The first-order valence-corrected chi connectivity index (χ1v) is 10.4. The Morgan fingerprint density at radius 2 is 1.35 bits per heavy atom. The minimum atomic E-state index is -2.39. The lowest BCUT2D eigenvalue weighted by molar-refractivity contribution is 0.339. The summed E-state index contributed by atoms with van der Waals surface area (Å²) in [5.41, 5.74) is 0. The second-order valence-electron chi connectivity index (χ2n) is 6.60. The Balaban J connectivity index is 2.57. The monoisotopic (exact) mass is 344 g/mol. The van der Waals surface area contributed by atoms with Gasteiger partial charge in [-0.3, -0.25) is 0 Å². The van der Waals surface area contributed by atoms with E-state index in [9.17, 15) is 0 Å². The normalized spacial score (nSPS) is 12.7. The first-order chi connectivity index (χ1) is 11.0. The van der Waals surface area contributed by atoms with Crippen LogP contribution in [-0.4, -0.2) is 20.8 Å². The lowest BCUT2D eigenvalue weighted by Gasteiger charge is -2.42. The molecule has 2 aromatic carbocycles. The quantitative estimate of drug-likeness (QED) is 0.430. The molecule has 0 bridgehead atoms. The Morgan fingerprint density at radius 3 is 1.74 bits per heavy atom. The van der Waals surface area contributed by atoms with Gasteiger partial charge in [-0.1, -0.05) is 93.6 Å². The van der Waals surface area contributed by atoms with E-state index < -0.39 is 8.32 Å². The van der Waals surface area contributed by atoms with Crippen molar-refractivity contribution in [2.45, 2.75) is 25.8 Å². The molecule has 0 spiro atoms. The smallest absolute Gasteiger partial charge is 0.261 e. The van der Waals surface area contributed by atoms with Crippen LogP contribution in [0.25, 0.3) is 0 Å². The van der Waals surface area contributed by atoms with E-state index in [0.717, 1.165) is 0 Å². The number of halogens is 1. The third kappa shape index (κ3) is 3.95. The predicted octanol–water partition coefficient (Wildman–Crippen LogP) is 4.36. The summed E-state index contributed by atoms with van der Waals surface area (Å²) in [6.45, 7) is 7.43. The molecule has 23 heavy (non-hydrogen) atoms. The summed E-state index contributed by atoms with van der Waals surface area (Å²) in [6, 6.07) is 21.3. The molecule has 0 aliphatic carbocycles. The van der Waals surface area contributed by atoms with Crippen LogP contribution in [0.4, 0.5) is 0 Å². The molecular formula is C20H25ClOSi. The average molecular weight is 345 g/mol. The maximum atomic E-state index is 6.66. The fourth-order valence-electron chi connectivity index (χ4n) is 3.07. The molecule has 0 unspecified atom stereocenters. The number of benzene rings is 2. The van der Waals surface area contributed by atoms with Crippen molar-refractivity contribution in [3.8, 4) is 0 Å². The fraction of sp³-hybridized carbons (Fsp3) is 0.300. The van der Waals surface area contributed by atoms with Crippen molar-refractivity contribution in [1.82, 2.24) is 0 Å². The minimum absolute atomic E-state index is 0.0184. The van der Waals surface area contributed by atoms with Crippen molar-refractivity contribution in [1.29, 1.82) is 0 Å². The van der Waals surface area contributed by atoms with Gasteiger partial charge >= 0.3 is 0 Å². The van der Waals surface area contributed by atoms with Gasteiger partial charge in [0.2, 0.25) is 0 Å². The molecule has 0 N–H and O–H groups in total. The number of alkyl halides is 1. The van der Waals surface area contributed by atoms with Crippen LogP contribution in [-0.2, 0) is 4.43 Å². The molecule has 0 aliphatic heterocycles. The molecule has 2 rings (SSSR count). The lowest BCUT2D eigenvalue weighted by atomic mass is 10.2. The first-order valence-electron chi connectivity index (χ1n) is 7.98. The average Bonchev–Trinajstić information content (AvgIpc) is 2.55. The zero-order chi connectivity index (χ0) is 16.8. The Bertz CT molecular complexity index is 578. The molecule has 0 fully saturated rings. The molecule has 0 saturated heterocycles. The van der Waals surface area contributed by atoms with Gasteiger partial charge in [-0.25, -0.2) is 0 Å². The minimum Gasteiger partial charge on any atom is -0.404 e. The van der Waals surface area contributed by atoms with Gasteiger partial charge in [0.25, 0.3) is 8.32 Å². The van der Waals surface area contributed by atoms with Crippen LogP contribution in [0.15, 0.2) is 72.8 Å². The molecule has 0 heterocycles. The van der Waals surface area contributed by atoms with E-state index in [0.29, 0.717) is 12.5 Å². The van der Waals surface area contributed by atoms with Crippen LogP contribution in [0, 0.1) is 0 Å². The highest BCUT2D eigenvalue weighted by atomic mass is 35.5. The number of hydrogen-bond donors (Lipinski definition) is 0. The number of hydrogen-bond acceptors (Lipinski definition) is 1. The largest absolute Gasteiger partial charge is 0.404 e. The molecule has 122 valence electrons. The molecule has 0 radical (unpaired) electrons. The van der Waals surface area contributed by atoms with Crippen molar-refractivity contribution in [3.05, 3.63) is 72.8 Å². The second kappa shape index (κ2) is 7.96. The van der Waals surface area contributed by atoms with Crippen LogP contribution < -0.4 is 10.4 Å². The zero-order valence-electron chi connectivity index (χ0n) is 14.1. The highest BCUT2D eigenvalue weighted by Gasteiger charge is 2.49. The van der Waals surface area contributed by atoms with E-state index in [1.807, 2.05) is 12.2 Å². The number of rotatable bonds is 6. The van der Waals surface area contributed by atoms with Gasteiger partial charge in [0.15, 0.2) is 0 Å². The Labute approximate surface area is 146 Å². The first kappa shape index (κ1) is 18.0. The molecule has 0 aliphatic rings. The predicted molar refractivity (Wildman–Crippen MR) is 103 cm³/mol. The maximum Gasteiger partial charge on any atom is 0.261 e. The summed E-state index contributed by atoms with van der Waals surface area (Å²) in [4.78, 5) is 0. The van der Waals surface area contributed by atoms with Gasteiger partial charge < -0.3 is 4.43 Å². The summed E-state index contributed by atoms with van der Waals surface area (Å²) in [6.07, 6.45) is 3.96. The Kier molecular flexibility index (Phi) is 6.23. The molecule has 2 aromatic rings. The summed E-state index contributed by atoms with van der Waals surface area (Å²) in [7, 11) is -2.39.